The van der Waals surface area contributed by atoms with Gasteiger partial charge in [-0.1, -0.05) is 118 Å². The normalized spacial score (nSPS) is 12.5. The lowest BCUT2D eigenvalue weighted by Crippen LogP contribution is -2.40. The number of carbonyl (C=O) groups is 1. The first-order valence-electron chi connectivity index (χ1n) is 15.2. The molecule has 0 atom stereocenters. The quantitative estimate of drug-likeness (QED) is 0.0595. The van der Waals surface area contributed by atoms with Crippen molar-refractivity contribution in [1.82, 2.24) is 0 Å². The maximum Gasteiger partial charge on any atom is 0.293 e. The van der Waals surface area contributed by atoms with Gasteiger partial charge in [0.25, 0.3) is 6.45 Å². The van der Waals surface area contributed by atoms with Gasteiger partial charge in [-0.25, -0.2) is 0 Å². The number of nitrogens with zero attached hydrogens (tertiary/aromatic N) is 3. The van der Waals surface area contributed by atoms with Gasteiger partial charge in [0.2, 0.25) is 0 Å². The Kier molecular flexibility index (Phi) is 20.9. The summed E-state index contributed by atoms with van der Waals surface area (Å²) in [5, 5.41) is 19.8. The summed E-state index contributed by atoms with van der Waals surface area (Å²) in [7, 11) is -1.63. The largest absolute Gasteiger partial charge is 0.467 e. The van der Waals surface area contributed by atoms with Crippen LogP contribution in [0.15, 0.2) is 90.1 Å². The number of aliphatic hydroxyl groups is 2. The van der Waals surface area contributed by atoms with E-state index in [2.05, 4.69) is 68.2 Å². The van der Waals surface area contributed by atoms with Gasteiger partial charge in [0.05, 0.1) is 19.8 Å². The minimum absolute atomic E-state index is 0.0479. The third-order valence-electron chi connectivity index (χ3n) is 6.95. The van der Waals surface area contributed by atoms with E-state index < -0.39 is 14.8 Å². The summed E-state index contributed by atoms with van der Waals surface area (Å²) in [6.45, 7) is 15.1. The molecule has 9 nitrogen and oxygen atoms in total. The Labute approximate surface area is 266 Å². The zero-order valence-electron chi connectivity index (χ0n) is 28.1. The lowest BCUT2D eigenvalue weighted by molar-refractivity contribution is -0.128. The van der Waals surface area contributed by atoms with Crippen molar-refractivity contribution in [1.29, 1.82) is 0 Å². The Morgan fingerprint density at radius 2 is 1.52 bits per heavy atom. The molecule has 1 aliphatic rings. The van der Waals surface area contributed by atoms with E-state index in [0.717, 1.165) is 6.42 Å². The molecule has 0 heterocycles. The molecule has 0 saturated carbocycles. The monoisotopic (exact) mass is 626 g/mol. The minimum Gasteiger partial charge on any atom is -0.467 e. The van der Waals surface area contributed by atoms with Crippen LogP contribution in [-0.2, 0) is 14.0 Å². The summed E-state index contributed by atoms with van der Waals surface area (Å²) in [4.78, 5) is 13.3. The van der Waals surface area contributed by atoms with Gasteiger partial charge in [-0.2, -0.15) is 0 Å². The number of aliphatic hydroxyl groups excluding tert-OH is 2. The fourth-order valence-corrected chi connectivity index (χ4v) is 4.61. The molecule has 44 heavy (non-hydrogen) atoms. The van der Waals surface area contributed by atoms with Crippen LogP contribution in [0.1, 0.15) is 52.5 Å². The molecule has 0 aliphatic heterocycles. The molecule has 0 fully saturated rings. The van der Waals surface area contributed by atoms with E-state index in [1.807, 2.05) is 49.4 Å². The van der Waals surface area contributed by atoms with Gasteiger partial charge in [0.1, 0.15) is 6.61 Å². The highest BCUT2D eigenvalue weighted by molar-refractivity contribution is 6.74. The second kappa shape index (κ2) is 23.9. The number of fused-ring (bicyclic) bond motifs is 3. The highest BCUT2D eigenvalue weighted by Gasteiger charge is 2.36. The van der Waals surface area contributed by atoms with Crippen molar-refractivity contribution in [2.45, 2.75) is 58.2 Å². The molecule has 0 radical (unpaired) electrons. The fraction of sp³-hybridized carbons (Fsp3) is 0.441. The fourth-order valence-electron chi connectivity index (χ4n) is 3.67. The maximum absolute atomic E-state index is 10.7. The van der Waals surface area contributed by atoms with Crippen molar-refractivity contribution in [2.75, 3.05) is 39.5 Å². The molecular weight excluding hydrogens is 572 g/mol. The number of hydrogen-bond acceptors (Lipinski definition) is 7. The molecule has 0 aromatic heterocycles. The molecule has 0 saturated heterocycles. The molecule has 10 heteroatoms. The topological polar surface area (TPSA) is 151 Å². The Morgan fingerprint density at radius 1 is 0.977 bits per heavy atom. The van der Waals surface area contributed by atoms with Crippen LogP contribution in [0.3, 0.4) is 0 Å². The molecule has 1 aliphatic carbocycles. The molecule has 3 rings (SSSR count). The van der Waals surface area contributed by atoms with Crippen LogP contribution in [0, 0.1) is 0 Å². The summed E-state index contributed by atoms with van der Waals surface area (Å²) in [5.74, 6) is 0.0479. The Bertz CT molecular complexity index is 1180. The summed E-state index contributed by atoms with van der Waals surface area (Å²) >= 11 is 0. The van der Waals surface area contributed by atoms with E-state index in [9.17, 15) is 4.79 Å². The van der Waals surface area contributed by atoms with Crippen LogP contribution in [0.5, 0.6) is 0 Å². The van der Waals surface area contributed by atoms with Crippen molar-refractivity contribution in [2.24, 2.45) is 10.8 Å². The molecule has 0 bridgehead atoms. The molecule has 4 N–H and O–H groups in total. The van der Waals surface area contributed by atoms with Crippen LogP contribution in [-0.4, -0.2) is 64.5 Å². The number of hydrogen-bond donors (Lipinski definition) is 3. The molecule has 2 aromatic rings. The summed E-state index contributed by atoms with van der Waals surface area (Å²) in [6.07, 6.45) is 10.8. The van der Waals surface area contributed by atoms with E-state index in [1.165, 1.54) is 22.3 Å². The van der Waals surface area contributed by atoms with Gasteiger partial charge in [-0.05, 0) is 52.3 Å². The molecule has 242 valence electrons. The Hall–Kier alpha value is -3.50. The number of nitrogens with two attached hydrogens (primary N) is 1. The average molecular weight is 627 g/mol. The first-order valence-corrected chi connectivity index (χ1v) is 17.7. The van der Waals surface area contributed by atoms with Gasteiger partial charge < -0.3 is 25.1 Å². The van der Waals surface area contributed by atoms with Gasteiger partial charge in [0, 0.05) is 23.9 Å². The van der Waals surface area contributed by atoms with Gasteiger partial charge in [-0.3, -0.25) is 4.79 Å². The number of azide groups is 1. The van der Waals surface area contributed by atoms with E-state index in [4.69, 9.17) is 32.0 Å². The summed E-state index contributed by atoms with van der Waals surface area (Å²) in [5.41, 5.74) is 17.8. The van der Waals surface area contributed by atoms with Crippen LogP contribution >= 0.6 is 0 Å². The van der Waals surface area contributed by atoms with Crippen LogP contribution in [0.4, 0.5) is 0 Å². The predicted molar refractivity (Wildman–Crippen MR) is 184 cm³/mol. The van der Waals surface area contributed by atoms with Gasteiger partial charge in [0.15, 0.2) is 9.69 Å². The highest BCUT2D eigenvalue weighted by atomic mass is 28.4. The van der Waals surface area contributed by atoms with Crippen LogP contribution in [0.2, 0.25) is 18.1 Å². The van der Waals surface area contributed by atoms with Crippen LogP contribution < -0.4 is 5.73 Å². The third-order valence-corrected chi connectivity index (χ3v) is 11.5. The lowest BCUT2D eigenvalue weighted by Gasteiger charge is -2.35. The van der Waals surface area contributed by atoms with E-state index in [0.29, 0.717) is 19.7 Å². The van der Waals surface area contributed by atoms with Gasteiger partial charge >= 0.3 is 0 Å². The average Bonchev–Trinajstić information content (AvgIpc) is 3.33. The number of rotatable bonds is 11. The van der Waals surface area contributed by atoms with Crippen molar-refractivity contribution in [3.8, 4) is 11.1 Å². The van der Waals surface area contributed by atoms with Gasteiger partial charge in [-0.15, -0.1) is 0 Å². The summed E-state index contributed by atoms with van der Waals surface area (Å²) < 4.78 is 17.6. The third kappa shape index (κ3) is 15.8. The van der Waals surface area contributed by atoms with E-state index >= 15 is 0 Å². The smallest absolute Gasteiger partial charge is 0.293 e. The van der Waals surface area contributed by atoms with Crippen molar-refractivity contribution in [3.63, 3.8) is 0 Å². The number of allylic oxidation sites excluding steroid dienone is 1. The second-order valence-electron chi connectivity index (χ2n) is 11.0. The number of ether oxygens (including phenoxy) is 1. The van der Waals surface area contributed by atoms with E-state index in [1.54, 1.807) is 18.2 Å². The SMILES string of the molecule is CC(C)(C)[Si](C)(C)OC/C=C\CN=[N+]=[N-].CC/C=C\CO.NC/C=C\CO.[3H]C(=O)OCC1c2ccccc2-c2ccccc21. The Morgan fingerprint density at radius 3 is 1.93 bits per heavy atom. The molecule has 0 amide bonds. The number of benzene rings is 2. The molecular formula is C34H52N4O5Si. The number of carbonyl (C=O) groups excluding carboxylic acids is 1. The zero-order chi connectivity index (χ0) is 34.1. The molecule has 2 aromatic carbocycles. The second-order valence-corrected chi connectivity index (χ2v) is 15.8. The zero-order valence-corrected chi connectivity index (χ0v) is 28.1. The Balaban J connectivity index is 0.000000644. The lowest BCUT2D eigenvalue weighted by atomic mass is 9.98. The highest BCUT2D eigenvalue weighted by Crippen LogP contribution is 2.44. The predicted octanol–water partition coefficient (Wildman–Crippen LogP) is 7.29. The van der Waals surface area contributed by atoms with Crippen molar-refractivity contribution < 1.29 is 25.5 Å². The standard InChI is InChI=1S/C15H12O2.C10H21N3OSi.C5H10O.C4H9NO/c16-10-17-9-15-13-7-3-1-5-11(13)12-6-2-4-8-14(12)15;1-10(2,3)15(4,5)14-9-7-6-8-12-13-11;1-2-3-4-5-6;5-3-1-2-4-6/h1-8,10,15H,9H2;6-7H,8-9H2,1-5H3;3-4,6H,2,5H2,1H3;1-2,6H,3-5H2/b;7-6-;4-3-;2-1-/i10T;;;. The first-order chi connectivity index (χ1) is 21.4. The van der Waals surface area contributed by atoms with Crippen molar-refractivity contribution in [3.05, 3.63) is 107 Å². The minimum atomic E-state index is -1.63. The van der Waals surface area contributed by atoms with Crippen molar-refractivity contribution >= 4 is 14.8 Å². The first kappa shape index (κ1) is 38.5. The van der Waals surface area contributed by atoms with E-state index in [-0.39, 0.29) is 30.8 Å². The summed E-state index contributed by atoms with van der Waals surface area (Å²) in [6, 6.07) is 16.3. The molecule has 0 unspecified atom stereocenters. The molecule has 0 spiro atoms. The van der Waals surface area contributed by atoms with Crippen LogP contribution in [0.25, 0.3) is 21.6 Å². The maximum atomic E-state index is 10.7.